The van der Waals surface area contributed by atoms with Crippen molar-refractivity contribution >= 4 is 34.2 Å². The smallest absolute Gasteiger partial charge is 0.416 e. The van der Waals surface area contributed by atoms with E-state index < -0.39 is 57.9 Å². The van der Waals surface area contributed by atoms with Gasteiger partial charge in [0, 0.05) is 24.6 Å². The Morgan fingerprint density at radius 2 is 1.64 bits per heavy atom. The first kappa shape index (κ1) is 29.0. The van der Waals surface area contributed by atoms with E-state index in [4.69, 9.17) is 0 Å². The second-order valence-electron chi connectivity index (χ2n) is 11.0. The van der Waals surface area contributed by atoms with Gasteiger partial charge in [-0.1, -0.05) is 66.7 Å². The van der Waals surface area contributed by atoms with Crippen molar-refractivity contribution < 1.29 is 37.6 Å². The number of nitro benzene ring substituents is 1. The standard InChI is InChI=1S/C32H24F3N3O6/c33-32(34,35)22-9-4-7-20(15-22)27-25-26(31(36-27,30(41)42)16-18-11-13-23(14-12-18)38(43)44)29(40)37(28(25)39)17-21-8-3-6-19-5-1-2-10-24(19)21/h1-15,25-27,36H,16-17H2,(H,41,42). The van der Waals surface area contributed by atoms with Crippen LogP contribution in [0.25, 0.3) is 10.8 Å². The van der Waals surface area contributed by atoms with Crippen LogP contribution in [0.4, 0.5) is 18.9 Å². The summed E-state index contributed by atoms with van der Waals surface area (Å²) in [7, 11) is 0. The Hall–Kier alpha value is -5.10. The average molecular weight is 604 g/mol. The van der Waals surface area contributed by atoms with Crippen molar-refractivity contribution in [1.82, 2.24) is 10.2 Å². The number of non-ortho nitro benzene ring substituents is 1. The second-order valence-corrected chi connectivity index (χ2v) is 11.0. The molecule has 0 radical (unpaired) electrons. The van der Waals surface area contributed by atoms with Gasteiger partial charge in [0.2, 0.25) is 11.8 Å². The number of amides is 2. The molecule has 224 valence electrons. The van der Waals surface area contributed by atoms with Gasteiger partial charge in [0.25, 0.3) is 5.69 Å². The number of imide groups is 1. The van der Waals surface area contributed by atoms with Crippen molar-refractivity contribution in [2.75, 3.05) is 0 Å². The quantitative estimate of drug-likeness (QED) is 0.167. The maximum Gasteiger partial charge on any atom is 0.416 e. The lowest BCUT2D eigenvalue weighted by atomic mass is 9.76. The molecule has 0 saturated carbocycles. The van der Waals surface area contributed by atoms with E-state index in [1.165, 1.54) is 36.4 Å². The number of halogens is 3. The number of alkyl halides is 3. The molecule has 4 aromatic carbocycles. The molecule has 2 aliphatic rings. The Morgan fingerprint density at radius 3 is 2.32 bits per heavy atom. The van der Waals surface area contributed by atoms with Gasteiger partial charge in [-0.3, -0.25) is 34.7 Å². The molecule has 0 aromatic heterocycles. The van der Waals surface area contributed by atoms with E-state index in [0.717, 1.165) is 27.8 Å². The number of nitro groups is 1. The van der Waals surface area contributed by atoms with Crippen LogP contribution in [0.1, 0.15) is 28.3 Å². The van der Waals surface area contributed by atoms with Gasteiger partial charge in [-0.25, -0.2) is 0 Å². The van der Waals surface area contributed by atoms with Gasteiger partial charge < -0.3 is 5.11 Å². The third-order valence-electron chi connectivity index (χ3n) is 8.54. The van der Waals surface area contributed by atoms with Crippen LogP contribution in [0.3, 0.4) is 0 Å². The lowest BCUT2D eigenvalue weighted by molar-refractivity contribution is -0.384. The van der Waals surface area contributed by atoms with E-state index in [1.807, 2.05) is 24.3 Å². The van der Waals surface area contributed by atoms with Gasteiger partial charge in [-0.2, -0.15) is 13.2 Å². The van der Waals surface area contributed by atoms with Gasteiger partial charge in [0.1, 0.15) is 5.54 Å². The highest BCUT2D eigenvalue weighted by Gasteiger charge is 2.68. The SMILES string of the molecule is O=C1C2C(c3cccc(C(F)(F)F)c3)NC(Cc3ccc([N+](=O)[O-])cc3)(C(=O)O)C2C(=O)N1Cc1cccc2ccccc12. The highest BCUT2D eigenvalue weighted by molar-refractivity contribution is 6.09. The molecular formula is C32H24F3N3O6. The number of nitrogens with zero attached hydrogens (tertiary/aromatic N) is 2. The van der Waals surface area contributed by atoms with Gasteiger partial charge in [0.05, 0.1) is 28.9 Å². The fourth-order valence-corrected chi connectivity index (χ4v) is 6.51. The zero-order valence-electron chi connectivity index (χ0n) is 22.8. The summed E-state index contributed by atoms with van der Waals surface area (Å²) in [5, 5.41) is 26.4. The third-order valence-corrected chi connectivity index (χ3v) is 8.54. The second kappa shape index (κ2) is 10.6. The number of carbonyl (C=O) groups is 3. The summed E-state index contributed by atoms with van der Waals surface area (Å²) in [5.41, 5.74) is -2.35. The number of likely N-dealkylation sites (tertiary alicyclic amines) is 1. The molecule has 6 rings (SSSR count). The fourth-order valence-electron chi connectivity index (χ4n) is 6.51. The third kappa shape index (κ3) is 4.77. The van der Waals surface area contributed by atoms with Crippen molar-refractivity contribution in [2.45, 2.75) is 30.7 Å². The molecule has 2 N–H and O–H groups in total. The topological polar surface area (TPSA) is 130 Å². The molecule has 4 aromatic rings. The highest BCUT2D eigenvalue weighted by Crippen LogP contribution is 2.51. The van der Waals surface area contributed by atoms with Crippen LogP contribution in [0.2, 0.25) is 0 Å². The fraction of sp³-hybridized carbons (Fsp3) is 0.219. The van der Waals surface area contributed by atoms with Crippen molar-refractivity contribution in [2.24, 2.45) is 11.8 Å². The maximum absolute atomic E-state index is 14.1. The number of rotatable bonds is 7. The maximum atomic E-state index is 14.1. The molecule has 9 nitrogen and oxygen atoms in total. The summed E-state index contributed by atoms with van der Waals surface area (Å²) in [5.74, 6) is -5.74. The predicted molar refractivity (Wildman–Crippen MR) is 151 cm³/mol. The van der Waals surface area contributed by atoms with Crippen LogP contribution in [0.5, 0.6) is 0 Å². The Morgan fingerprint density at radius 1 is 0.955 bits per heavy atom. The zero-order valence-corrected chi connectivity index (χ0v) is 22.8. The molecule has 0 spiro atoms. The molecule has 12 heteroatoms. The lowest BCUT2D eigenvalue weighted by Crippen LogP contribution is -2.57. The summed E-state index contributed by atoms with van der Waals surface area (Å²) in [6.45, 7) is -0.158. The summed E-state index contributed by atoms with van der Waals surface area (Å²) < 4.78 is 41.0. The molecule has 2 aliphatic heterocycles. The minimum Gasteiger partial charge on any atom is -0.480 e. The Balaban J connectivity index is 1.46. The van der Waals surface area contributed by atoms with Crippen LogP contribution in [0, 0.1) is 22.0 Å². The molecule has 4 unspecified atom stereocenters. The van der Waals surface area contributed by atoms with Crippen molar-refractivity contribution in [3.8, 4) is 0 Å². The van der Waals surface area contributed by atoms with Crippen LogP contribution < -0.4 is 5.32 Å². The summed E-state index contributed by atoms with van der Waals surface area (Å²) in [6.07, 6.45) is -5.06. The number of carboxylic acids is 1. The first-order chi connectivity index (χ1) is 20.9. The number of carbonyl (C=O) groups excluding carboxylic acids is 2. The molecule has 2 saturated heterocycles. The van der Waals surface area contributed by atoms with Crippen LogP contribution in [0.15, 0.2) is 91.0 Å². The first-order valence-corrected chi connectivity index (χ1v) is 13.6. The molecule has 2 amide bonds. The predicted octanol–water partition coefficient (Wildman–Crippen LogP) is 5.28. The Kier molecular flexibility index (Phi) is 6.96. The van der Waals surface area contributed by atoms with E-state index in [9.17, 15) is 42.8 Å². The van der Waals surface area contributed by atoms with Crippen molar-refractivity contribution in [3.05, 3.63) is 123 Å². The normalized spacial score (nSPS) is 23.2. The average Bonchev–Trinajstić information content (AvgIpc) is 3.47. The lowest BCUT2D eigenvalue weighted by Gasteiger charge is -2.31. The van der Waals surface area contributed by atoms with E-state index >= 15 is 0 Å². The monoisotopic (exact) mass is 603 g/mol. The summed E-state index contributed by atoms with van der Waals surface area (Å²) in [6, 6.07) is 20.8. The van der Waals surface area contributed by atoms with E-state index in [1.54, 1.807) is 18.2 Å². The van der Waals surface area contributed by atoms with E-state index in [-0.39, 0.29) is 24.2 Å². The van der Waals surface area contributed by atoms with E-state index in [2.05, 4.69) is 5.32 Å². The molecule has 0 aliphatic carbocycles. The van der Waals surface area contributed by atoms with E-state index in [0.29, 0.717) is 11.1 Å². The number of hydrogen-bond donors (Lipinski definition) is 2. The number of hydrogen-bond acceptors (Lipinski definition) is 6. The molecule has 4 atom stereocenters. The minimum absolute atomic E-state index is 0.00908. The number of fused-ring (bicyclic) bond motifs is 2. The molecule has 2 heterocycles. The van der Waals surface area contributed by atoms with Gasteiger partial charge >= 0.3 is 12.1 Å². The minimum atomic E-state index is -4.70. The Bertz CT molecular complexity index is 1820. The number of benzene rings is 4. The first-order valence-electron chi connectivity index (χ1n) is 13.6. The number of nitrogens with one attached hydrogen (secondary N) is 1. The Labute approximate surface area is 248 Å². The number of aliphatic carboxylic acids is 1. The number of carboxylic acid groups (broad SMARTS) is 1. The van der Waals surface area contributed by atoms with Crippen molar-refractivity contribution in [1.29, 1.82) is 0 Å². The molecule has 2 fully saturated rings. The van der Waals surface area contributed by atoms with Crippen LogP contribution in [-0.4, -0.2) is 38.3 Å². The molecule has 0 bridgehead atoms. The zero-order chi connectivity index (χ0) is 31.4. The van der Waals surface area contributed by atoms with Crippen LogP contribution in [-0.2, 0) is 33.5 Å². The molecule has 44 heavy (non-hydrogen) atoms. The van der Waals surface area contributed by atoms with Crippen molar-refractivity contribution in [3.63, 3.8) is 0 Å². The van der Waals surface area contributed by atoms with Gasteiger partial charge in [0.15, 0.2) is 0 Å². The van der Waals surface area contributed by atoms with Gasteiger partial charge in [-0.05, 0) is 39.6 Å². The van der Waals surface area contributed by atoms with Gasteiger partial charge in [-0.15, -0.1) is 0 Å². The molecular weight excluding hydrogens is 579 g/mol. The highest BCUT2D eigenvalue weighted by atomic mass is 19.4. The largest absolute Gasteiger partial charge is 0.480 e. The summed E-state index contributed by atoms with van der Waals surface area (Å²) in [4.78, 5) is 52.8. The summed E-state index contributed by atoms with van der Waals surface area (Å²) >= 11 is 0. The van der Waals surface area contributed by atoms with Crippen LogP contribution >= 0.6 is 0 Å².